The quantitative estimate of drug-likeness (QED) is 0.816. The van der Waals surface area contributed by atoms with Gasteiger partial charge in [-0.3, -0.25) is 4.79 Å². The van der Waals surface area contributed by atoms with Crippen LogP contribution in [0, 0.1) is 0 Å². The van der Waals surface area contributed by atoms with Crippen molar-refractivity contribution in [2.24, 2.45) is 0 Å². The van der Waals surface area contributed by atoms with Crippen molar-refractivity contribution in [2.45, 2.75) is 25.7 Å². The summed E-state index contributed by atoms with van der Waals surface area (Å²) >= 11 is 6.22. The molecule has 1 amide bonds. The summed E-state index contributed by atoms with van der Waals surface area (Å²) in [5.74, 6) is 0.233. The van der Waals surface area contributed by atoms with Crippen LogP contribution >= 0.6 is 11.6 Å². The van der Waals surface area contributed by atoms with Crippen LogP contribution in [-0.2, 0) is 11.2 Å². The molecule has 104 valence electrons. The normalized spacial score (nSPS) is 15.6. The van der Waals surface area contributed by atoms with Crippen LogP contribution in [0.3, 0.4) is 0 Å². The van der Waals surface area contributed by atoms with Crippen LogP contribution < -0.4 is 0 Å². The van der Waals surface area contributed by atoms with Gasteiger partial charge in [0.25, 0.3) is 0 Å². The lowest BCUT2D eigenvalue weighted by Gasteiger charge is -2.27. The Balaban J connectivity index is 1.87. The van der Waals surface area contributed by atoms with Gasteiger partial charge in [-0.05, 0) is 36.3 Å². The smallest absolute Gasteiger partial charge is 0.227 e. The summed E-state index contributed by atoms with van der Waals surface area (Å²) in [6.45, 7) is 1.81. The van der Waals surface area contributed by atoms with E-state index in [1.165, 1.54) is 6.42 Å². The Labute approximate surface area is 124 Å². The molecule has 0 atom stereocenters. The number of halogens is 1. The Hall–Kier alpha value is -1.54. The van der Waals surface area contributed by atoms with Crippen molar-refractivity contribution in [2.75, 3.05) is 13.1 Å². The fourth-order valence-electron chi connectivity index (χ4n) is 2.90. The first-order valence-electron chi connectivity index (χ1n) is 7.19. The van der Waals surface area contributed by atoms with Gasteiger partial charge in [-0.15, -0.1) is 0 Å². The molecule has 1 saturated heterocycles. The number of piperidine rings is 1. The summed E-state index contributed by atoms with van der Waals surface area (Å²) in [5.41, 5.74) is 1.07. The number of nitrogens with zero attached hydrogens (tertiary/aromatic N) is 1. The average molecular weight is 288 g/mol. The summed E-state index contributed by atoms with van der Waals surface area (Å²) < 4.78 is 0. The van der Waals surface area contributed by atoms with Crippen LogP contribution in [0.4, 0.5) is 0 Å². The molecule has 3 rings (SSSR count). The van der Waals surface area contributed by atoms with Crippen molar-refractivity contribution in [3.8, 4) is 0 Å². The first-order valence-corrected chi connectivity index (χ1v) is 7.57. The molecule has 1 heterocycles. The lowest BCUT2D eigenvalue weighted by molar-refractivity contribution is -0.131. The summed E-state index contributed by atoms with van der Waals surface area (Å²) in [5, 5.41) is 2.86. The number of carbonyl (C=O) groups excluding carboxylic acids is 1. The number of benzene rings is 2. The molecule has 0 aromatic heterocycles. The molecule has 2 aromatic rings. The van der Waals surface area contributed by atoms with Crippen molar-refractivity contribution in [3.63, 3.8) is 0 Å². The number of hydrogen-bond acceptors (Lipinski definition) is 1. The molecule has 0 saturated carbocycles. The van der Waals surface area contributed by atoms with E-state index in [-0.39, 0.29) is 5.91 Å². The first-order chi connectivity index (χ1) is 9.75. The first kappa shape index (κ1) is 13.4. The van der Waals surface area contributed by atoms with Gasteiger partial charge >= 0.3 is 0 Å². The van der Waals surface area contributed by atoms with Crippen LogP contribution in [0.1, 0.15) is 24.8 Å². The van der Waals surface area contributed by atoms with E-state index in [9.17, 15) is 4.79 Å². The van der Waals surface area contributed by atoms with Gasteiger partial charge < -0.3 is 4.90 Å². The van der Waals surface area contributed by atoms with Crippen LogP contribution in [0.2, 0.25) is 5.02 Å². The fraction of sp³-hybridized carbons (Fsp3) is 0.353. The van der Waals surface area contributed by atoms with E-state index in [0.29, 0.717) is 6.42 Å². The topological polar surface area (TPSA) is 20.3 Å². The van der Waals surface area contributed by atoms with E-state index in [2.05, 4.69) is 0 Å². The van der Waals surface area contributed by atoms with Crippen LogP contribution in [0.15, 0.2) is 36.4 Å². The minimum atomic E-state index is 0.233. The molecule has 0 spiro atoms. The van der Waals surface area contributed by atoms with Gasteiger partial charge in [0.05, 0.1) is 6.42 Å². The molecule has 0 radical (unpaired) electrons. The third kappa shape index (κ3) is 2.66. The average Bonchev–Trinajstić information content (AvgIpc) is 2.51. The van der Waals surface area contributed by atoms with E-state index in [1.54, 1.807) is 0 Å². The molecular formula is C17H18ClNO. The van der Waals surface area contributed by atoms with E-state index < -0.39 is 0 Å². The minimum absolute atomic E-state index is 0.233. The summed E-state index contributed by atoms with van der Waals surface area (Å²) in [6, 6.07) is 11.9. The van der Waals surface area contributed by atoms with Gasteiger partial charge in [-0.1, -0.05) is 41.9 Å². The highest BCUT2D eigenvalue weighted by Crippen LogP contribution is 2.27. The Kier molecular flexibility index (Phi) is 3.93. The highest BCUT2D eigenvalue weighted by Gasteiger charge is 2.17. The lowest BCUT2D eigenvalue weighted by Crippen LogP contribution is -2.36. The maximum absolute atomic E-state index is 12.4. The monoisotopic (exact) mass is 287 g/mol. The van der Waals surface area contributed by atoms with Crippen molar-refractivity contribution >= 4 is 28.3 Å². The van der Waals surface area contributed by atoms with Gasteiger partial charge in [-0.2, -0.15) is 0 Å². The second-order valence-corrected chi connectivity index (χ2v) is 5.78. The molecule has 1 aliphatic rings. The zero-order chi connectivity index (χ0) is 13.9. The molecule has 1 aliphatic heterocycles. The van der Waals surface area contributed by atoms with Gasteiger partial charge in [0.15, 0.2) is 0 Å². The van der Waals surface area contributed by atoms with Crippen molar-refractivity contribution in [1.29, 1.82) is 0 Å². The SMILES string of the molecule is O=C(Cc1ccc(Cl)c2ccccc12)N1CCCCC1. The van der Waals surface area contributed by atoms with Gasteiger partial charge in [-0.25, -0.2) is 0 Å². The van der Waals surface area contributed by atoms with Crippen molar-refractivity contribution in [1.82, 2.24) is 4.90 Å². The highest BCUT2D eigenvalue weighted by molar-refractivity contribution is 6.35. The van der Waals surface area contributed by atoms with E-state index in [4.69, 9.17) is 11.6 Å². The molecule has 2 nitrogen and oxygen atoms in total. The maximum Gasteiger partial charge on any atom is 0.227 e. The third-order valence-corrected chi connectivity index (χ3v) is 4.34. The number of likely N-dealkylation sites (tertiary alicyclic amines) is 1. The maximum atomic E-state index is 12.4. The Bertz CT molecular complexity index is 632. The zero-order valence-electron chi connectivity index (χ0n) is 11.4. The number of hydrogen-bond donors (Lipinski definition) is 0. The predicted octanol–water partition coefficient (Wildman–Crippen LogP) is 4.05. The second-order valence-electron chi connectivity index (χ2n) is 5.37. The molecule has 20 heavy (non-hydrogen) atoms. The highest BCUT2D eigenvalue weighted by atomic mass is 35.5. The summed E-state index contributed by atoms with van der Waals surface area (Å²) in [4.78, 5) is 14.4. The van der Waals surface area contributed by atoms with Crippen LogP contribution in [0.25, 0.3) is 10.8 Å². The molecule has 1 fully saturated rings. The zero-order valence-corrected chi connectivity index (χ0v) is 12.2. The van der Waals surface area contributed by atoms with Gasteiger partial charge in [0.2, 0.25) is 5.91 Å². The predicted molar refractivity (Wildman–Crippen MR) is 83.1 cm³/mol. The van der Waals surface area contributed by atoms with Crippen molar-refractivity contribution < 1.29 is 4.79 Å². The molecule has 3 heteroatoms. The molecule has 0 aliphatic carbocycles. The van der Waals surface area contributed by atoms with E-state index >= 15 is 0 Å². The summed E-state index contributed by atoms with van der Waals surface area (Å²) in [6.07, 6.45) is 3.98. The molecule has 2 aromatic carbocycles. The molecule has 0 bridgehead atoms. The fourth-order valence-corrected chi connectivity index (χ4v) is 3.12. The molecule has 0 N–H and O–H groups in total. The number of amides is 1. The Morgan fingerprint density at radius 2 is 1.70 bits per heavy atom. The Morgan fingerprint density at radius 1 is 1.00 bits per heavy atom. The van der Waals surface area contributed by atoms with Gasteiger partial charge in [0, 0.05) is 23.5 Å². The molecule has 0 unspecified atom stereocenters. The third-order valence-electron chi connectivity index (χ3n) is 4.01. The van der Waals surface area contributed by atoms with Crippen molar-refractivity contribution in [3.05, 3.63) is 47.0 Å². The standard InChI is InChI=1S/C17H18ClNO/c18-16-9-8-13(14-6-2-3-7-15(14)16)12-17(20)19-10-4-1-5-11-19/h2-3,6-9H,1,4-5,10-12H2. The number of rotatable bonds is 2. The van der Waals surface area contributed by atoms with Crippen LogP contribution in [0.5, 0.6) is 0 Å². The van der Waals surface area contributed by atoms with Crippen LogP contribution in [-0.4, -0.2) is 23.9 Å². The summed E-state index contributed by atoms with van der Waals surface area (Å²) in [7, 11) is 0. The molecular weight excluding hydrogens is 270 g/mol. The largest absolute Gasteiger partial charge is 0.342 e. The second kappa shape index (κ2) is 5.84. The lowest BCUT2D eigenvalue weighted by atomic mass is 10.0. The number of fused-ring (bicyclic) bond motifs is 1. The Morgan fingerprint density at radius 3 is 2.45 bits per heavy atom. The number of carbonyl (C=O) groups is 1. The van der Waals surface area contributed by atoms with E-state index in [1.807, 2.05) is 41.3 Å². The van der Waals surface area contributed by atoms with E-state index in [0.717, 1.165) is 47.3 Å². The van der Waals surface area contributed by atoms with Gasteiger partial charge in [0.1, 0.15) is 0 Å². The minimum Gasteiger partial charge on any atom is -0.342 e.